The lowest BCUT2D eigenvalue weighted by molar-refractivity contribution is -0.146. The van der Waals surface area contributed by atoms with Gasteiger partial charge < -0.3 is 30.0 Å². The highest BCUT2D eigenvalue weighted by Crippen LogP contribution is 2.27. The minimum Gasteiger partial charge on any atom is -0.501 e. The molecule has 11 heteroatoms. The van der Waals surface area contributed by atoms with Crippen molar-refractivity contribution < 1.29 is 38.5 Å². The molecule has 1 aliphatic rings. The number of nitrogens with one attached hydrogen (secondary N) is 2. The van der Waals surface area contributed by atoms with Crippen molar-refractivity contribution in [2.75, 3.05) is 31.7 Å². The first-order valence-electron chi connectivity index (χ1n) is 11.0. The Morgan fingerprint density at radius 1 is 1.06 bits per heavy atom. The average Bonchev–Trinajstić information content (AvgIpc) is 3.34. The van der Waals surface area contributed by atoms with Gasteiger partial charge in [-0.3, -0.25) is 9.59 Å². The molecule has 0 radical (unpaired) electrons. The van der Waals surface area contributed by atoms with Crippen LogP contribution in [0.3, 0.4) is 0 Å². The van der Waals surface area contributed by atoms with Gasteiger partial charge in [-0.15, -0.1) is 0 Å². The van der Waals surface area contributed by atoms with Crippen molar-refractivity contribution in [3.05, 3.63) is 67.3 Å². The first-order chi connectivity index (χ1) is 17.2. The monoisotopic (exact) mass is 516 g/mol. The minimum absolute atomic E-state index is 0.0124. The number of esters is 3. The van der Waals surface area contributed by atoms with Crippen LogP contribution < -0.4 is 10.6 Å². The first-order valence-corrected chi connectivity index (χ1v) is 11.4. The number of rotatable bonds is 13. The smallest absolute Gasteiger partial charge is 0.340 e. The number of benzene rings is 1. The Balaban J connectivity index is 2.19. The van der Waals surface area contributed by atoms with Crippen LogP contribution in [0.1, 0.15) is 27.1 Å². The van der Waals surface area contributed by atoms with E-state index in [1.165, 1.54) is 36.4 Å². The zero-order valence-electron chi connectivity index (χ0n) is 19.6. The molecule has 1 unspecified atom stereocenters. The molecule has 1 aromatic carbocycles. The van der Waals surface area contributed by atoms with Crippen LogP contribution in [0.15, 0.2) is 56.2 Å². The minimum atomic E-state index is -1.09. The molecule has 192 valence electrons. The van der Waals surface area contributed by atoms with Crippen LogP contribution in [-0.2, 0) is 23.8 Å². The molecule has 0 saturated carbocycles. The summed E-state index contributed by atoms with van der Waals surface area (Å²) in [6.45, 7) is 10.5. The topological polar surface area (TPSA) is 140 Å². The Labute approximate surface area is 214 Å². The number of aliphatic hydroxyl groups excluding tert-OH is 1. The maximum absolute atomic E-state index is 13.0. The summed E-state index contributed by atoms with van der Waals surface area (Å²) in [5.41, 5.74) is 0.131. The Morgan fingerprint density at radius 3 is 2.28 bits per heavy atom. The van der Waals surface area contributed by atoms with Crippen molar-refractivity contribution in [2.45, 2.75) is 12.5 Å². The van der Waals surface area contributed by atoms with Gasteiger partial charge in [0.2, 0.25) is 5.91 Å². The molecule has 0 spiro atoms. The molecule has 0 aromatic heterocycles. The SMILES string of the molecule is C=CCOC(=O)c1ccc(NC(=O)C2C[C@@H]([C@@H](C(=O)OCC=C)C(O)=S)CN2)c(C(=O)OCC=C)c1. The van der Waals surface area contributed by atoms with Crippen molar-refractivity contribution >= 4 is 46.8 Å². The largest absolute Gasteiger partial charge is 0.501 e. The van der Waals surface area contributed by atoms with Gasteiger partial charge in [0.25, 0.3) is 0 Å². The van der Waals surface area contributed by atoms with Gasteiger partial charge in [-0.1, -0.05) is 38.0 Å². The van der Waals surface area contributed by atoms with Crippen molar-refractivity contribution in [3.63, 3.8) is 0 Å². The summed E-state index contributed by atoms with van der Waals surface area (Å²) in [5.74, 6) is -4.25. The maximum Gasteiger partial charge on any atom is 0.340 e. The quantitative estimate of drug-likeness (QED) is 0.155. The molecule has 10 nitrogen and oxygen atoms in total. The van der Waals surface area contributed by atoms with E-state index in [4.69, 9.17) is 26.4 Å². The summed E-state index contributed by atoms with van der Waals surface area (Å²) >= 11 is 4.83. The molecule has 3 N–H and O–H groups in total. The van der Waals surface area contributed by atoms with E-state index in [0.717, 1.165) is 0 Å². The van der Waals surface area contributed by atoms with Crippen molar-refractivity contribution in [1.82, 2.24) is 5.32 Å². The number of hydrogen-bond donors (Lipinski definition) is 3. The number of carbonyl (C=O) groups is 4. The fraction of sp³-hybridized carbons (Fsp3) is 0.320. The fourth-order valence-corrected chi connectivity index (χ4v) is 3.83. The van der Waals surface area contributed by atoms with Gasteiger partial charge in [-0.05, 0) is 42.8 Å². The molecule has 0 bridgehead atoms. The van der Waals surface area contributed by atoms with E-state index in [0.29, 0.717) is 0 Å². The summed E-state index contributed by atoms with van der Waals surface area (Å²) < 4.78 is 15.1. The third-order valence-electron chi connectivity index (χ3n) is 5.21. The maximum atomic E-state index is 13.0. The summed E-state index contributed by atoms with van der Waals surface area (Å²) in [7, 11) is 0. The van der Waals surface area contributed by atoms with Crippen LogP contribution in [0.4, 0.5) is 5.69 Å². The molecule has 0 aliphatic carbocycles. The lowest BCUT2D eigenvalue weighted by atomic mass is 9.90. The second-order valence-electron chi connectivity index (χ2n) is 7.72. The van der Waals surface area contributed by atoms with E-state index in [1.807, 2.05) is 0 Å². The Kier molecular flexibility index (Phi) is 11.0. The van der Waals surface area contributed by atoms with Crippen LogP contribution in [0, 0.1) is 11.8 Å². The molecule has 1 amide bonds. The van der Waals surface area contributed by atoms with Crippen LogP contribution in [0.5, 0.6) is 0 Å². The molecular formula is C25H28N2O8S. The molecule has 2 rings (SSSR count). The number of ether oxygens (including phenoxy) is 3. The van der Waals surface area contributed by atoms with Gasteiger partial charge >= 0.3 is 17.9 Å². The lowest BCUT2D eigenvalue weighted by Gasteiger charge is -2.19. The molecule has 1 aromatic rings. The van der Waals surface area contributed by atoms with Gasteiger partial charge in [0.15, 0.2) is 5.05 Å². The number of amides is 1. The summed E-state index contributed by atoms with van der Waals surface area (Å²) in [4.78, 5) is 50.1. The van der Waals surface area contributed by atoms with Crippen molar-refractivity contribution in [3.8, 4) is 0 Å². The predicted octanol–water partition coefficient (Wildman–Crippen LogP) is 2.52. The Morgan fingerprint density at radius 2 is 1.67 bits per heavy atom. The van der Waals surface area contributed by atoms with E-state index in [1.54, 1.807) is 0 Å². The molecular weight excluding hydrogens is 488 g/mol. The third-order valence-corrected chi connectivity index (χ3v) is 5.47. The summed E-state index contributed by atoms with van der Waals surface area (Å²) in [6, 6.07) is 3.28. The number of thiocarbonyl (C=S) groups is 1. The first kappa shape index (κ1) is 28.4. The lowest BCUT2D eigenvalue weighted by Crippen LogP contribution is -2.36. The second kappa shape index (κ2) is 13.9. The number of aliphatic hydroxyl groups is 1. The molecule has 1 saturated heterocycles. The van der Waals surface area contributed by atoms with E-state index >= 15 is 0 Å². The van der Waals surface area contributed by atoms with Crippen LogP contribution in [0.2, 0.25) is 0 Å². The average molecular weight is 517 g/mol. The predicted molar refractivity (Wildman–Crippen MR) is 136 cm³/mol. The fourth-order valence-electron chi connectivity index (χ4n) is 3.54. The highest BCUT2D eigenvalue weighted by molar-refractivity contribution is 7.80. The molecule has 1 aliphatic heterocycles. The normalized spacial score (nSPS) is 17.2. The zero-order chi connectivity index (χ0) is 26.7. The van der Waals surface area contributed by atoms with Gasteiger partial charge in [0.05, 0.1) is 22.9 Å². The molecule has 3 atom stereocenters. The molecule has 1 heterocycles. The van der Waals surface area contributed by atoms with E-state index in [9.17, 15) is 24.3 Å². The number of carbonyl (C=O) groups excluding carboxylic acids is 4. The summed E-state index contributed by atoms with van der Waals surface area (Å²) in [5, 5.41) is 15.0. The molecule has 36 heavy (non-hydrogen) atoms. The Hall–Kier alpha value is -3.83. The van der Waals surface area contributed by atoms with Crippen molar-refractivity contribution in [1.29, 1.82) is 0 Å². The van der Waals surface area contributed by atoms with Crippen LogP contribution in [0.25, 0.3) is 0 Å². The highest BCUT2D eigenvalue weighted by Gasteiger charge is 2.40. The molecule has 1 fully saturated rings. The standard InChI is InChI=1S/C25H28N2O8S/c1-4-9-33-22(29)15-7-8-18(17(12-15)23(30)34-10-5-2)27-21(28)19-13-16(14-26-19)20(25(32)36)24(31)35-11-6-3/h4-8,12,16,19-20,26H,1-3,9-11,13-14H2,(H,27,28)(H,32,36)/t16-,19?,20+/m1/s1. The highest BCUT2D eigenvalue weighted by atomic mass is 32.1. The van der Waals surface area contributed by atoms with Gasteiger partial charge in [0, 0.05) is 6.54 Å². The van der Waals surface area contributed by atoms with E-state index in [-0.39, 0.29) is 49.6 Å². The zero-order valence-corrected chi connectivity index (χ0v) is 20.4. The van der Waals surface area contributed by atoms with Crippen LogP contribution >= 0.6 is 12.2 Å². The van der Waals surface area contributed by atoms with E-state index < -0.39 is 46.7 Å². The van der Waals surface area contributed by atoms with Crippen LogP contribution in [-0.4, -0.2) is 66.4 Å². The van der Waals surface area contributed by atoms with Crippen molar-refractivity contribution in [2.24, 2.45) is 11.8 Å². The van der Waals surface area contributed by atoms with Gasteiger partial charge in [-0.2, -0.15) is 0 Å². The van der Waals surface area contributed by atoms with Gasteiger partial charge in [0.1, 0.15) is 25.7 Å². The third kappa shape index (κ3) is 7.59. The number of hydrogen-bond acceptors (Lipinski definition) is 9. The van der Waals surface area contributed by atoms with E-state index in [2.05, 4.69) is 30.4 Å². The van der Waals surface area contributed by atoms with Gasteiger partial charge in [-0.25, -0.2) is 9.59 Å². The Bertz CT molecular complexity index is 1050. The number of anilines is 1. The second-order valence-corrected chi connectivity index (χ2v) is 8.13. The summed E-state index contributed by atoms with van der Waals surface area (Å²) in [6.07, 6.45) is 4.34.